The molecular weight excluding hydrogens is 414 g/mol. The molecule has 0 N–H and O–H groups in total. The van der Waals surface area contributed by atoms with Crippen LogP contribution in [0.2, 0.25) is 0 Å². The number of imidazole rings is 1. The first-order chi connectivity index (χ1) is 16.9. The quantitative estimate of drug-likeness (QED) is 0.167. The van der Waals surface area contributed by atoms with Crippen LogP contribution in [0, 0.1) is 0 Å². The molecule has 0 atom stereocenters. The van der Waals surface area contributed by atoms with E-state index >= 15 is 0 Å². The number of nitrogens with zero attached hydrogens (tertiary/aromatic N) is 3. The van der Waals surface area contributed by atoms with Crippen molar-refractivity contribution in [3.63, 3.8) is 0 Å². The third-order valence-corrected chi connectivity index (χ3v) is 6.95. The molecule has 0 saturated heterocycles. The summed E-state index contributed by atoms with van der Waals surface area (Å²) in [4.78, 5) is 10.0. The van der Waals surface area contributed by atoms with Gasteiger partial charge in [-0.2, -0.15) is 0 Å². The fourth-order valence-electron chi connectivity index (χ4n) is 4.95. The zero-order chi connectivity index (χ0) is 23.4. The maximum Gasteiger partial charge on any atom is 0.148 e. The molecule has 2 aromatic carbocycles. The topological polar surface area (TPSA) is 30.2 Å². The Hall–Kier alpha value is -2.68. The second-order valence-electron chi connectivity index (χ2n) is 9.72. The molecule has 0 bridgehead atoms. The van der Waals surface area contributed by atoms with Crippen LogP contribution < -0.4 is 0 Å². The van der Waals surface area contributed by atoms with E-state index in [1.807, 2.05) is 0 Å². The lowest BCUT2D eigenvalue weighted by Gasteiger charge is -2.08. The molecule has 3 heteroatoms. The third-order valence-electron chi connectivity index (χ3n) is 6.95. The lowest BCUT2D eigenvalue weighted by atomic mass is 10.0. The Bertz CT molecular complexity index is 1130. The number of fused-ring (bicyclic) bond motifs is 3. The Balaban J connectivity index is 1.27. The van der Waals surface area contributed by atoms with Crippen LogP contribution in [0.4, 0.5) is 0 Å². The number of hydrogen-bond donors (Lipinski definition) is 0. The summed E-state index contributed by atoms with van der Waals surface area (Å²) in [7, 11) is 0. The number of hydrogen-bond acceptors (Lipinski definition) is 2. The molecule has 0 fully saturated rings. The van der Waals surface area contributed by atoms with Gasteiger partial charge in [0.25, 0.3) is 0 Å². The lowest BCUT2D eigenvalue weighted by molar-refractivity contribution is 0.538. The summed E-state index contributed by atoms with van der Waals surface area (Å²) in [5.41, 5.74) is 4.24. The molecular formula is C31H41N3. The number of benzene rings is 2. The molecule has 0 unspecified atom stereocenters. The highest BCUT2D eigenvalue weighted by Gasteiger charge is 2.12. The summed E-state index contributed by atoms with van der Waals surface area (Å²) < 4.78 is 2.23. The van der Waals surface area contributed by atoms with Gasteiger partial charge in [-0.25, -0.2) is 9.97 Å². The molecule has 4 aromatic rings. The third kappa shape index (κ3) is 6.68. The number of para-hydroxylation sites is 1. The van der Waals surface area contributed by atoms with Crippen molar-refractivity contribution in [1.29, 1.82) is 0 Å². The van der Waals surface area contributed by atoms with Crippen molar-refractivity contribution in [1.82, 2.24) is 14.4 Å². The van der Waals surface area contributed by atoms with E-state index in [-0.39, 0.29) is 0 Å². The van der Waals surface area contributed by atoms with Crippen LogP contribution in [0.15, 0.2) is 60.8 Å². The van der Waals surface area contributed by atoms with Crippen LogP contribution in [0.25, 0.3) is 27.8 Å². The molecule has 0 aliphatic rings. The van der Waals surface area contributed by atoms with Crippen LogP contribution in [0.5, 0.6) is 0 Å². The molecule has 3 nitrogen and oxygen atoms in total. The smallest absolute Gasteiger partial charge is 0.148 e. The molecule has 4 rings (SSSR count). The van der Waals surface area contributed by atoms with Crippen molar-refractivity contribution in [3.8, 4) is 11.3 Å². The fourth-order valence-corrected chi connectivity index (χ4v) is 4.95. The SMILES string of the molecule is CCCCCCCCCCCCCCCc1nc2ccccc2c2nc(-c3ccccc3)cn12. The van der Waals surface area contributed by atoms with Gasteiger partial charge in [0.05, 0.1) is 11.2 Å². The van der Waals surface area contributed by atoms with Gasteiger partial charge in [0.2, 0.25) is 0 Å². The van der Waals surface area contributed by atoms with Crippen molar-refractivity contribution >= 4 is 16.6 Å². The van der Waals surface area contributed by atoms with E-state index in [0.717, 1.165) is 40.1 Å². The highest BCUT2D eigenvalue weighted by molar-refractivity contribution is 5.92. The molecule has 2 aromatic heterocycles. The average molecular weight is 456 g/mol. The first-order valence-corrected chi connectivity index (χ1v) is 13.7. The van der Waals surface area contributed by atoms with Gasteiger partial charge >= 0.3 is 0 Å². The van der Waals surface area contributed by atoms with Crippen LogP contribution >= 0.6 is 0 Å². The minimum Gasteiger partial charge on any atom is -0.287 e. The zero-order valence-corrected chi connectivity index (χ0v) is 21.0. The fraction of sp³-hybridized carbons (Fsp3) is 0.484. The van der Waals surface area contributed by atoms with Gasteiger partial charge in [0.15, 0.2) is 0 Å². The summed E-state index contributed by atoms with van der Waals surface area (Å²) >= 11 is 0. The summed E-state index contributed by atoms with van der Waals surface area (Å²) in [6.45, 7) is 2.29. The number of aryl methyl sites for hydroxylation is 1. The van der Waals surface area contributed by atoms with Gasteiger partial charge in [-0.05, 0) is 18.6 Å². The van der Waals surface area contributed by atoms with E-state index in [1.165, 1.54) is 83.5 Å². The van der Waals surface area contributed by atoms with E-state index in [4.69, 9.17) is 9.97 Å². The molecule has 0 amide bonds. The maximum absolute atomic E-state index is 5.03. The van der Waals surface area contributed by atoms with Gasteiger partial charge in [0.1, 0.15) is 11.5 Å². The Morgan fingerprint density at radius 3 is 1.88 bits per heavy atom. The van der Waals surface area contributed by atoms with Gasteiger partial charge < -0.3 is 0 Å². The molecule has 2 heterocycles. The van der Waals surface area contributed by atoms with Crippen LogP contribution in [0.1, 0.15) is 96.2 Å². The van der Waals surface area contributed by atoms with E-state index in [1.54, 1.807) is 0 Å². The van der Waals surface area contributed by atoms with E-state index in [0.29, 0.717) is 0 Å². The van der Waals surface area contributed by atoms with Crippen LogP contribution in [0.3, 0.4) is 0 Å². The predicted octanol–water partition coefficient (Wildman–Crippen LogP) is 9.18. The summed E-state index contributed by atoms with van der Waals surface area (Å²) in [5, 5.41) is 1.12. The average Bonchev–Trinajstić information content (AvgIpc) is 3.33. The van der Waals surface area contributed by atoms with Crippen molar-refractivity contribution in [2.75, 3.05) is 0 Å². The Labute approximate surface area is 205 Å². The molecule has 0 aliphatic carbocycles. The van der Waals surface area contributed by atoms with Crippen molar-refractivity contribution in [3.05, 3.63) is 66.6 Å². The normalized spacial score (nSPS) is 11.6. The largest absolute Gasteiger partial charge is 0.287 e. The highest BCUT2D eigenvalue weighted by atomic mass is 15.1. The second-order valence-corrected chi connectivity index (χ2v) is 9.72. The molecule has 0 saturated carbocycles. The number of unbranched alkanes of at least 4 members (excludes halogenated alkanes) is 12. The van der Waals surface area contributed by atoms with Crippen LogP contribution in [-0.2, 0) is 6.42 Å². The van der Waals surface area contributed by atoms with Gasteiger partial charge in [-0.15, -0.1) is 0 Å². The first kappa shape index (κ1) is 24.4. The minimum atomic E-state index is 1.00. The van der Waals surface area contributed by atoms with Crippen molar-refractivity contribution in [2.45, 2.75) is 96.8 Å². The Morgan fingerprint density at radius 1 is 0.618 bits per heavy atom. The van der Waals surface area contributed by atoms with Crippen molar-refractivity contribution < 1.29 is 0 Å². The van der Waals surface area contributed by atoms with Gasteiger partial charge in [0, 0.05) is 23.6 Å². The van der Waals surface area contributed by atoms with Crippen LogP contribution in [-0.4, -0.2) is 14.4 Å². The van der Waals surface area contributed by atoms with E-state index in [9.17, 15) is 0 Å². The number of aromatic nitrogens is 3. The lowest BCUT2D eigenvalue weighted by Crippen LogP contribution is -2.01. The first-order valence-electron chi connectivity index (χ1n) is 13.7. The number of rotatable bonds is 15. The monoisotopic (exact) mass is 455 g/mol. The van der Waals surface area contributed by atoms with Gasteiger partial charge in [-0.1, -0.05) is 126 Å². The molecule has 34 heavy (non-hydrogen) atoms. The van der Waals surface area contributed by atoms with Gasteiger partial charge in [-0.3, -0.25) is 4.40 Å². The predicted molar refractivity (Wildman–Crippen MR) is 145 cm³/mol. The molecule has 180 valence electrons. The minimum absolute atomic E-state index is 1.00. The Morgan fingerprint density at radius 2 is 1.21 bits per heavy atom. The standard InChI is InChI=1S/C31H41N3/c1-2-3-4-5-6-7-8-9-10-11-12-13-17-24-30-32-28-23-19-18-22-27(28)31-33-29(25-34(30)31)26-20-15-14-16-21-26/h14-16,18-23,25H,2-13,17,24H2,1H3. The highest BCUT2D eigenvalue weighted by Crippen LogP contribution is 2.25. The van der Waals surface area contributed by atoms with E-state index < -0.39 is 0 Å². The molecule has 0 radical (unpaired) electrons. The van der Waals surface area contributed by atoms with Crippen molar-refractivity contribution in [2.24, 2.45) is 0 Å². The maximum atomic E-state index is 5.03. The summed E-state index contributed by atoms with van der Waals surface area (Å²) in [6, 6.07) is 18.8. The summed E-state index contributed by atoms with van der Waals surface area (Å²) in [6.07, 6.45) is 21.1. The second kappa shape index (κ2) is 13.3. The zero-order valence-electron chi connectivity index (χ0n) is 21.0. The molecule has 0 spiro atoms. The summed E-state index contributed by atoms with van der Waals surface area (Å²) in [5.74, 6) is 1.13. The van der Waals surface area contributed by atoms with E-state index in [2.05, 4.69) is 72.1 Å². The Kier molecular flexibility index (Phi) is 9.54. The molecule has 0 aliphatic heterocycles.